The summed E-state index contributed by atoms with van der Waals surface area (Å²) < 4.78 is 15.7. The summed E-state index contributed by atoms with van der Waals surface area (Å²) in [6.07, 6.45) is 3.52. The number of rotatable bonds is 7. The van der Waals surface area contributed by atoms with Gasteiger partial charge in [-0.15, -0.1) is 0 Å². The molecule has 0 amide bonds. The summed E-state index contributed by atoms with van der Waals surface area (Å²) in [7, 11) is 0. The predicted octanol–water partition coefficient (Wildman–Crippen LogP) is 2.94. The zero-order chi connectivity index (χ0) is 13.5. The molecule has 1 aliphatic heterocycles. The van der Waals surface area contributed by atoms with Crippen LogP contribution < -0.4 is 3.34 Å². The van der Waals surface area contributed by atoms with E-state index in [2.05, 4.69) is 6.92 Å². The second kappa shape index (κ2) is 9.39. The summed E-state index contributed by atoms with van der Waals surface area (Å²) in [5.74, 6) is 1.02. The Morgan fingerprint density at radius 2 is 2.47 bits per heavy atom. The topological polar surface area (TPSA) is 18.5 Å². The Balaban J connectivity index is 1.71. The molecule has 0 radical (unpaired) electrons. The average molecular weight is 448 g/mol. The molecule has 1 atom stereocenters. The first-order chi connectivity index (χ1) is 9.29. The molecular formula is C12H18O2S3Se2. The van der Waals surface area contributed by atoms with Crippen molar-refractivity contribution in [2.45, 2.75) is 42.0 Å². The van der Waals surface area contributed by atoms with Crippen molar-refractivity contribution >= 4 is 68.1 Å². The molecule has 0 aliphatic carbocycles. The number of hydrogen-bond donors (Lipinski definition) is 0. The Bertz CT molecular complexity index is 427. The van der Waals surface area contributed by atoms with Crippen LogP contribution in [0.5, 0.6) is 0 Å². The minimum absolute atomic E-state index is 0.0455. The molecule has 2 rings (SSSR count). The molecule has 1 aliphatic rings. The quantitative estimate of drug-likeness (QED) is 0.276. The van der Waals surface area contributed by atoms with Crippen LogP contribution >= 0.6 is 35.3 Å². The van der Waals surface area contributed by atoms with Gasteiger partial charge in [-0.3, -0.25) is 0 Å². The van der Waals surface area contributed by atoms with Gasteiger partial charge in [-0.05, 0) is 0 Å². The van der Waals surface area contributed by atoms with Crippen LogP contribution in [0.1, 0.15) is 26.2 Å². The Morgan fingerprint density at radius 1 is 1.58 bits per heavy atom. The molecule has 0 saturated carbocycles. The van der Waals surface area contributed by atoms with Gasteiger partial charge < -0.3 is 0 Å². The SMILES string of the molecule is CC[Se]c1[se]c(=S)sc1SCCOC1CCCCO1. The molecule has 2 heterocycles. The fraction of sp³-hybridized carbons (Fsp3) is 0.750. The van der Waals surface area contributed by atoms with Gasteiger partial charge >= 0.3 is 141 Å². The Labute approximate surface area is 140 Å². The third-order valence-corrected chi connectivity index (χ3v) is 12.3. The molecule has 1 unspecified atom stereocenters. The molecule has 0 bridgehead atoms. The molecule has 2 nitrogen and oxygen atoms in total. The van der Waals surface area contributed by atoms with E-state index in [0.717, 1.165) is 25.4 Å². The van der Waals surface area contributed by atoms with Gasteiger partial charge in [0.15, 0.2) is 0 Å². The van der Waals surface area contributed by atoms with Crippen LogP contribution in [-0.2, 0) is 9.47 Å². The summed E-state index contributed by atoms with van der Waals surface area (Å²) in [5, 5.41) is 1.28. The van der Waals surface area contributed by atoms with Gasteiger partial charge in [-0.1, -0.05) is 0 Å². The van der Waals surface area contributed by atoms with Crippen molar-refractivity contribution in [1.29, 1.82) is 0 Å². The van der Waals surface area contributed by atoms with Crippen molar-refractivity contribution < 1.29 is 9.47 Å². The Morgan fingerprint density at radius 3 is 3.21 bits per heavy atom. The van der Waals surface area contributed by atoms with Gasteiger partial charge in [0.25, 0.3) is 0 Å². The van der Waals surface area contributed by atoms with Crippen LogP contribution in [0, 0.1) is 2.70 Å². The molecule has 7 heteroatoms. The number of hydrogen-bond acceptors (Lipinski definition) is 5. The summed E-state index contributed by atoms with van der Waals surface area (Å²) in [6, 6.07) is 0. The van der Waals surface area contributed by atoms with E-state index in [4.69, 9.17) is 21.7 Å². The first kappa shape index (κ1) is 16.7. The molecule has 0 N–H and O–H groups in total. The van der Waals surface area contributed by atoms with E-state index < -0.39 is 0 Å². The summed E-state index contributed by atoms with van der Waals surface area (Å²) in [4.78, 5) is 0. The molecule has 19 heavy (non-hydrogen) atoms. The van der Waals surface area contributed by atoms with E-state index in [-0.39, 0.29) is 6.29 Å². The minimum atomic E-state index is 0.0455. The van der Waals surface area contributed by atoms with Crippen molar-refractivity contribution in [3.8, 4) is 0 Å². The molecule has 0 aromatic carbocycles. The van der Waals surface area contributed by atoms with Crippen LogP contribution in [0.2, 0.25) is 5.32 Å². The van der Waals surface area contributed by atoms with E-state index in [1.165, 1.54) is 25.1 Å². The van der Waals surface area contributed by atoms with Crippen molar-refractivity contribution in [2.75, 3.05) is 19.0 Å². The first-order valence-electron chi connectivity index (χ1n) is 6.42. The van der Waals surface area contributed by atoms with Crippen molar-refractivity contribution in [3.05, 3.63) is 2.70 Å². The zero-order valence-corrected chi connectivity index (χ0v) is 16.8. The van der Waals surface area contributed by atoms with Gasteiger partial charge in [0.2, 0.25) is 0 Å². The summed E-state index contributed by atoms with van der Waals surface area (Å²) in [5.41, 5.74) is 0. The van der Waals surface area contributed by atoms with Crippen LogP contribution in [0.4, 0.5) is 0 Å². The van der Waals surface area contributed by atoms with Gasteiger partial charge in [0.05, 0.1) is 0 Å². The standard InChI is InChI=1S/C12H18O2S3Se2/c1-2-18-11-10(17-12(15)19-11)16-8-7-14-9-5-3-4-6-13-9/h9H,2-8H2,1H3. The van der Waals surface area contributed by atoms with Crippen LogP contribution in [0.3, 0.4) is 0 Å². The third kappa shape index (κ3) is 5.93. The fourth-order valence-electron chi connectivity index (χ4n) is 1.72. The van der Waals surface area contributed by atoms with E-state index in [9.17, 15) is 0 Å². The van der Waals surface area contributed by atoms with Crippen LogP contribution in [-0.4, -0.2) is 54.7 Å². The van der Waals surface area contributed by atoms with E-state index in [1.54, 1.807) is 3.34 Å². The van der Waals surface area contributed by atoms with E-state index in [1.807, 2.05) is 23.1 Å². The predicted molar refractivity (Wildman–Crippen MR) is 88.2 cm³/mol. The summed E-state index contributed by atoms with van der Waals surface area (Å²) >= 11 is 10.3. The van der Waals surface area contributed by atoms with Gasteiger partial charge in [-0.2, -0.15) is 0 Å². The second-order valence-corrected chi connectivity index (χ2v) is 14.3. The number of thioether (sulfide) groups is 1. The van der Waals surface area contributed by atoms with E-state index >= 15 is 0 Å². The van der Waals surface area contributed by atoms with E-state index in [0.29, 0.717) is 29.5 Å². The monoisotopic (exact) mass is 450 g/mol. The first-order valence-corrected chi connectivity index (χ1v) is 12.4. The zero-order valence-electron chi connectivity index (χ0n) is 10.9. The van der Waals surface area contributed by atoms with Gasteiger partial charge in [-0.25, -0.2) is 0 Å². The Hall–Kier alpha value is 1.36. The summed E-state index contributed by atoms with van der Waals surface area (Å²) in [6.45, 7) is 3.91. The third-order valence-electron chi connectivity index (χ3n) is 2.55. The normalized spacial score (nSPS) is 19.7. The molecule has 1 aromatic rings. The molecular weight excluding hydrogens is 430 g/mol. The molecule has 1 saturated heterocycles. The second-order valence-electron chi connectivity index (χ2n) is 3.98. The fourth-order valence-corrected chi connectivity index (χ4v) is 13.4. The molecule has 0 spiro atoms. The van der Waals surface area contributed by atoms with Crippen molar-refractivity contribution in [3.63, 3.8) is 0 Å². The number of ether oxygens (including phenoxy) is 2. The maximum absolute atomic E-state index is 5.77. The van der Waals surface area contributed by atoms with Crippen LogP contribution in [0.25, 0.3) is 0 Å². The van der Waals surface area contributed by atoms with Gasteiger partial charge in [0.1, 0.15) is 0 Å². The average Bonchev–Trinajstić information content (AvgIpc) is 2.77. The van der Waals surface area contributed by atoms with Crippen molar-refractivity contribution in [2.24, 2.45) is 0 Å². The van der Waals surface area contributed by atoms with Crippen molar-refractivity contribution in [1.82, 2.24) is 0 Å². The molecule has 1 fully saturated rings. The Kier molecular flexibility index (Phi) is 8.27. The van der Waals surface area contributed by atoms with Gasteiger partial charge in [0, 0.05) is 0 Å². The maximum atomic E-state index is 5.77. The van der Waals surface area contributed by atoms with Crippen LogP contribution in [0.15, 0.2) is 4.21 Å². The molecule has 108 valence electrons. The molecule has 1 aromatic heterocycles.